The van der Waals surface area contributed by atoms with Gasteiger partial charge in [-0.25, -0.2) is 5.32 Å². The maximum absolute atomic E-state index is 11.4. The first-order valence-electron chi connectivity index (χ1n) is 5.18. The van der Waals surface area contributed by atoms with Crippen LogP contribution in [0, 0.1) is 0 Å². The summed E-state index contributed by atoms with van der Waals surface area (Å²) in [5.41, 5.74) is 0.204. The number of aliphatic carboxylic acids is 1. The summed E-state index contributed by atoms with van der Waals surface area (Å²) in [7, 11) is 0. The first-order valence-corrected chi connectivity index (χ1v) is 5.18. The minimum Gasteiger partial charge on any atom is -0.481 e. The van der Waals surface area contributed by atoms with Gasteiger partial charge >= 0.3 is 5.97 Å². The first-order chi connectivity index (χ1) is 7.26. The summed E-state index contributed by atoms with van der Waals surface area (Å²) in [6, 6.07) is 9.50. The van der Waals surface area contributed by atoms with E-state index in [0.29, 0.717) is 25.9 Å². The predicted molar refractivity (Wildman–Crippen MR) is 56.9 cm³/mol. The van der Waals surface area contributed by atoms with Crippen LogP contribution in [0.2, 0.25) is 0 Å². The summed E-state index contributed by atoms with van der Waals surface area (Å²) in [6.45, 7) is 1.31. The molecule has 79 valence electrons. The number of hydrogen-bond donors (Lipinski definition) is 1. The third-order valence-electron chi connectivity index (χ3n) is 3.13. The molecule has 3 nitrogen and oxygen atoms in total. The lowest BCUT2D eigenvalue weighted by Crippen LogP contribution is -2.43. The summed E-state index contributed by atoms with van der Waals surface area (Å²) < 4.78 is 0. The Morgan fingerprint density at radius 1 is 1.20 bits per heavy atom. The van der Waals surface area contributed by atoms with Crippen LogP contribution >= 0.6 is 0 Å². The van der Waals surface area contributed by atoms with Crippen LogP contribution in [-0.2, 0) is 10.2 Å². The lowest BCUT2D eigenvalue weighted by molar-refractivity contribution is -0.145. The van der Waals surface area contributed by atoms with Gasteiger partial charge in [0.1, 0.15) is 0 Å². The molecule has 0 aliphatic carbocycles. The molecule has 0 saturated carbocycles. The number of carbonyl (C=O) groups is 1. The normalized spacial score (nSPS) is 19.7. The summed E-state index contributed by atoms with van der Waals surface area (Å²) in [5.74, 6) is -0.719. The van der Waals surface area contributed by atoms with E-state index in [1.807, 2.05) is 30.3 Å². The van der Waals surface area contributed by atoms with Crippen LogP contribution < -0.4 is 5.32 Å². The summed E-state index contributed by atoms with van der Waals surface area (Å²) in [4.78, 5) is 11.4. The topological polar surface area (TPSA) is 51.4 Å². The summed E-state index contributed by atoms with van der Waals surface area (Å²) in [6.07, 6.45) is 1.23. The monoisotopic (exact) mass is 204 g/mol. The van der Waals surface area contributed by atoms with Gasteiger partial charge in [-0.3, -0.25) is 4.79 Å². The smallest absolute Gasteiger partial charge is 0.314 e. The highest BCUT2D eigenvalue weighted by Gasteiger charge is 2.41. The van der Waals surface area contributed by atoms with Crippen LogP contribution in [-0.4, -0.2) is 24.2 Å². The van der Waals surface area contributed by atoms with E-state index in [2.05, 4.69) is 5.32 Å². The molecule has 1 radical (unpaired) electrons. The molecule has 0 bridgehead atoms. The quantitative estimate of drug-likeness (QED) is 0.791. The van der Waals surface area contributed by atoms with Gasteiger partial charge in [-0.1, -0.05) is 30.3 Å². The van der Waals surface area contributed by atoms with Crippen LogP contribution in [0.15, 0.2) is 30.3 Å². The molecular weight excluding hydrogens is 190 g/mol. The SMILES string of the molecule is O=C(O)C1(c2ccccc2)CC[N]CC1. The van der Waals surface area contributed by atoms with Crippen LogP contribution in [0.1, 0.15) is 18.4 Å². The van der Waals surface area contributed by atoms with Crippen molar-refractivity contribution in [2.45, 2.75) is 18.3 Å². The Morgan fingerprint density at radius 2 is 1.80 bits per heavy atom. The third kappa shape index (κ3) is 1.75. The molecule has 2 rings (SSSR count). The molecule has 3 heteroatoms. The number of carboxylic acids is 1. The van der Waals surface area contributed by atoms with Gasteiger partial charge in [-0.15, -0.1) is 0 Å². The fourth-order valence-corrected chi connectivity index (χ4v) is 2.16. The average Bonchev–Trinajstić information content (AvgIpc) is 2.31. The largest absolute Gasteiger partial charge is 0.481 e. The van der Waals surface area contributed by atoms with Gasteiger partial charge in [-0.05, 0) is 18.4 Å². The van der Waals surface area contributed by atoms with Gasteiger partial charge in [0.05, 0.1) is 5.41 Å². The van der Waals surface area contributed by atoms with E-state index in [0.717, 1.165) is 5.56 Å². The molecule has 1 aliphatic rings. The zero-order valence-corrected chi connectivity index (χ0v) is 8.52. The predicted octanol–water partition coefficient (Wildman–Crippen LogP) is 1.41. The number of nitrogens with zero attached hydrogens (tertiary/aromatic N) is 1. The van der Waals surface area contributed by atoms with E-state index >= 15 is 0 Å². The van der Waals surface area contributed by atoms with Gasteiger partial charge in [-0.2, -0.15) is 0 Å². The van der Waals surface area contributed by atoms with Gasteiger partial charge in [0.15, 0.2) is 0 Å². The molecule has 1 saturated heterocycles. The van der Waals surface area contributed by atoms with E-state index < -0.39 is 11.4 Å². The molecule has 1 N–H and O–H groups in total. The fraction of sp³-hybridized carbons (Fsp3) is 0.417. The van der Waals surface area contributed by atoms with Crippen molar-refractivity contribution < 1.29 is 9.90 Å². The number of piperidine rings is 1. The zero-order valence-electron chi connectivity index (χ0n) is 8.52. The fourth-order valence-electron chi connectivity index (χ4n) is 2.16. The second-order valence-corrected chi connectivity index (χ2v) is 3.92. The van der Waals surface area contributed by atoms with Crippen molar-refractivity contribution >= 4 is 5.97 Å². The van der Waals surface area contributed by atoms with E-state index in [-0.39, 0.29) is 0 Å². The van der Waals surface area contributed by atoms with Crippen molar-refractivity contribution in [2.75, 3.05) is 13.1 Å². The maximum Gasteiger partial charge on any atom is 0.314 e. The Kier molecular flexibility index (Phi) is 2.73. The standard InChI is InChI=1S/C12H14NO2/c14-11(15)12(6-8-13-9-7-12)10-4-2-1-3-5-10/h1-5H,6-9H2,(H,14,15). The molecule has 1 heterocycles. The molecule has 1 aromatic carbocycles. The minimum absolute atomic E-state index is 0.617. The van der Waals surface area contributed by atoms with E-state index in [9.17, 15) is 9.90 Å². The van der Waals surface area contributed by atoms with Crippen LogP contribution in [0.5, 0.6) is 0 Å². The number of rotatable bonds is 2. The number of hydrogen-bond acceptors (Lipinski definition) is 1. The Labute approximate surface area is 89.1 Å². The molecular formula is C12H14NO2. The summed E-state index contributed by atoms with van der Waals surface area (Å²) in [5, 5.41) is 13.6. The zero-order chi connectivity index (χ0) is 10.7. The highest BCUT2D eigenvalue weighted by Crippen LogP contribution is 2.33. The van der Waals surface area contributed by atoms with Crippen LogP contribution in [0.3, 0.4) is 0 Å². The van der Waals surface area contributed by atoms with Crippen LogP contribution in [0.4, 0.5) is 0 Å². The lowest BCUT2D eigenvalue weighted by Gasteiger charge is -2.33. The maximum atomic E-state index is 11.4. The molecule has 0 atom stereocenters. The Bertz CT molecular complexity index is 342. The average molecular weight is 204 g/mol. The van der Waals surface area contributed by atoms with E-state index in [1.54, 1.807) is 0 Å². The highest BCUT2D eigenvalue weighted by atomic mass is 16.4. The lowest BCUT2D eigenvalue weighted by atomic mass is 9.73. The van der Waals surface area contributed by atoms with Crippen LogP contribution in [0.25, 0.3) is 0 Å². The Hall–Kier alpha value is -1.35. The molecule has 0 spiro atoms. The van der Waals surface area contributed by atoms with Crippen molar-refractivity contribution in [3.63, 3.8) is 0 Å². The van der Waals surface area contributed by atoms with Gasteiger partial charge in [0.2, 0.25) is 0 Å². The summed E-state index contributed by atoms with van der Waals surface area (Å²) >= 11 is 0. The minimum atomic E-state index is -0.719. The van der Waals surface area contributed by atoms with Crippen molar-refractivity contribution in [2.24, 2.45) is 0 Å². The molecule has 15 heavy (non-hydrogen) atoms. The highest BCUT2D eigenvalue weighted by molar-refractivity contribution is 5.81. The molecule has 1 aliphatic heterocycles. The van der Waals surface area contributed by atoms with Crippen molar-refractivity contribution in [3.05, 3.63) is 35.9 Å². The second-order valence-electron chi connectivity index (χ2n) is 3.92. The number of carboxylic acid groups (broad SMARTS) is 1. The Balaban J connectivity index is 2.38. The molecule has 0 amide bonds. The van der Waals surface area contributed by atoms with E-state index in [4.69, 9.17) is 0 Å². The Morgan fingerprint density at radius 3 is 2.33 bits per heavy atom. The van der Waals surface area contributed by atoms with Crippen molar-refractivity contribution in [1.82, 2.24) is 5.32 Å². The molecule has 0 aromatic heterocycles. The molecule has 0 unspecified atom stereocenters. The third-order valence-corrected chi connectivity index (χ3v) is 3.13. The first kappa shape index (κ1) is 10.2. The van der Waals surface area contributed by atoms with Crippen molar-refractivity contribution in [3.8, 4) is 0 Å². The molecule has 1 fully saturated rings. The van der Waals surface area contributed by atoms with Gasteiger partial charge in [0.25, 0.3) is 0 Å². The molecule has 1 aromatic rings. The number of benzene rings is 1. The van der Waals surface area contributed by atoms with E-state index in [1.165, 1.54) is 0 Å². The van der Waals surface area contributed by atoms with Crippen molar-refractivity contribution in [1.29, 1.82) is 0 Å². The second kappa shape index (κ2) is 4.03. The van der Waals surface area contributed by atoms with Gasteiger partial charge < -0.3 is 5.11 Å². The van der Waals surface area contributed by atoms with Gasteiger partial charge in [0, 0.05) is 13.1 Å².